The Hall–Kier alpha value is -3.73. The van der Waals surface area contributed by atoms with Crippen LogP contribution in [0.15, 0.2) is 54.1 Å². The molecule has 0 saturated carbocycles. The van der Waals surface area contributed by atoms with E-state index in [1.54, 1.807) is 18.2 Å². The van der Waals surface area contributed by atoms with E-state index in [1.165, 1.54) is 37.3 Å². The minimum Gasteiger partial charge on any atom is -0.450 e. The van der Waals surface area contributed by atoms with E-state index in [2.05, 4.69) is 4.74 Å². The molecule has 0 spiro atoms. The van der Waals surface area contributed by atoms with Crippen molar-refractivity contribution in [2.45, 2.75) is 19.6 Å². The number of carbonyl (C=O) groups is 2. The first-order valence-corrected chi connectivity index (χ1v) is 8.90. The first kappa shape index (κ1) is 22.6. The van der Waals surface area contributed by atoms with E-state index < -0.39 is 24.5 Å². The van der Waals surface area contributed by atoms with Gasteiger partial charge < -0.3 is 14.4 Å². The fourth-order valence-electron chi connectivity index (χ4n) is 2.49. The minimum atomic E-state index is -2.97. The number of Topliss-reactive ketones (excluding diaryl/α,β-unsaturated/α-hetero) is 1. The van der Waals surface area contributed by atoms with Crippen molar-refractivity contribution in [2.75, 3.05) is 19.0 Å². The molecule has 0 heterocycles. The Kier molecular flexibility index (Phi) is 7.64. The van der Waals surface area contributed by atoms with Gasteiger partial charge in [0, 0.05) is 25.3 Å². The van der Waals surface area contributed by atoms with Gasteiger partial charge in [0.15, 0.2) is 6.10 Å². The molecule has 8 heteroatoms. The van der Waals surface area contributed by atoms with Gasteiger partial charge in [0.05, 0.1) is 0 Å². The zero-order valence-electron chi connectivity index (χ0n) is 16.6. The Labute approximate surface area is 172 Å². The molecule has 0 unspecified atom stereocenters. The number of hydrogen-bond acceptors (Lipinski definition) is 6. The lowest BCUT2D eigenvalue weighted by molar-refractivity contribution is -0.141. The Balaban J connectivity index is 2.06. The lowest BCUT2D eigenvalue weighted by atomic mass is 10.1. The van der Waals surface area contributed by atoms with E-state index >= 15 is 0 Å². The van der Waals surface area contributed by atoms with Crippen molar-refractivity contribution in [3.8, 4) is 11.8 Å². The van der Waals surface area contributed by atoms with Gasteiger partial charge in [-0.15, -0.1) is 0 Å². The summed E-state index contributed by atoms with van der Waals surface area (Å²) in [6.45, 7) is -1.60. The van der Waals surface area contributed by atoms with Crippen molar-refractivity contribution in [3.05, 3.63) is 65.2 Å². The van der Waals surface area contributed by atoms with Crippen molar-refractivity contribution in [2.24, 2.45) is 0 Å². The molecule has 0 aliphatic carbocycles. The second-order valence-corrected chi connectivity index (χ2v) is 6.47. The van der Waals surface area contributed by atoms with Crippen LogP contribution in [0.4, 0.5) is 14.5 Å². The highest BCUT2D eigenvalue weighted by atomic mass is 19.3. The largest absolute Gasteiger partial charge is 0.450 e. The van der Waals surface area contributed by atoms with Gasteiger partial charge in [-0.3, -0.25) is 4.79 Å². The topological polar surface area (TPSA) is 79.6 Å². The summed E-state index contributed by atoms with van der Waals surface area (Å²) in [5.74, 6) is -1.58. The number of rotatable bonds is 8. The molecule has 1 atom stereocenters. The van der Waals surface area contributed by atoms with Crippen LogP contribution in [0.1, 0.15) is 22.8 Å². The molecular formula is C22H20F2N2O4. The molecule has 0 aliphatic heterocycles. The summed E-state index contributed by atoms with van der Waals surface area (Å²) in [4.78, 5) is 26.6. The van der Waals surface area contributed by atoms with Crippen molar-refractivity contribution >= 4 is 23.5 Å². The van der Waals surface area contributed by atoms with E-state index in [4.69, 9.17) is 4.74 Å². The van der Waals surface area contributed by atoms with E-state index in [0.29, 0.717) is 5.56 Å². The molecule has 0 aromatic heterocycles. The predicted octanol–water partition coefficient (Wildman–Crippen LogP) is 4.08. The second-order valence-electron chi connectivity index (χ2n) is 6.47. The van der Waals surface area contributed by atoms with Crippen molar-refractivity contribution in [1.82, 2.24) is 0 Å². The summed E-state index contributed by atoms with van der Waals surface area (Å²) in [6.07, 6.45) is 0.197. The van der Waals surface area contributed by atoms with Gasteiger partial charge in [-0.25, -0.2) is 4.79 Å². The number of ether oxygens (including phenoxy) is 2. The number of anilines is 1. The zero-order chi connectivity index (χ0) is 22.3. The first-order chi connectivity index (χ1) is 14.2. The minimum absolute atomic E-state index is 0.0961. The Morgan fingerprint density at radius 3 is 2.17 bits per heavy atom. The summed E-state index contributed by atoms with van der Waals surface area (Å²) < 4.78 is 33.7. The number of nitriles is 1. The van der Waals surface area contributed by atoms with Crippen LogP contribution in [0.2, 0.25) is 0 Å². The monoisotopic (exact) mass is 414 g/mol. The smallest absolute Gasteiger partial charge is 0.387 e. The summed E-state index contributed by atoms with van der Waals surface area (Å²) in [6, 6.07) is 13.9. The van der Waals surface area contributed by atoms with Gasteiger partial charge in [0.1, 0.15) is 17.4 Å². The van der Waals surface area contributed by atoms with Crippen molar-refractivity contribution in [1.29, 1.82) is 5.26 Å². The van der Waals surface area contributed by atoms with Gasteiger partial charge >= 0.3 is 12.6 Å². The number of nitrogens with zero attached hydrogens (tertiary/aromatic N) is 2. The molecule has 156 valence electrons. The molecular weight excluding hydrogens is 394 g/mol. The zero-order valence-corrected chi connectivity index (χ0v) is 16.6. The predicted molar refractivity (Wildman–Crippen MR) is 107 cm³/mol. The third kappa shape index (κ3) is 6.14. The summed E-state index contributed by atoms with van der Waals surface area (Å²) in [7, 11) is 3.78. The van der Waals surface area contributed by atoms with Gasteiger partial charge in [-0.2, -0.15) is 14.0 Å². The van der Waals surface area contributed by atoms with E-state index in [1.807, 2.05) is 31.1 Å². The van der Waals surface area contributed by atoms with E-state index in [0.717, 1.165) is 5.69 Å². The molecule has 0 radical (unpaired) electrons. The van der Waals surface area contributed by atoms with Crippen LogP contribution in [0.5, 0.6) is 5.75 Å². The second kappa shape index (κ2) is 10.2. The Morgan fingerprint density at radius 2 is 1.67 bits per heavy atom. The van der Waals surface area contributed by atoms with Crippen LogP contribution in [0, 0.1) is 11.3 Å². The molecule has 0 N–H and O–H groups in total. The lowest BCUT2D eigenvalue weighted by Crippen LogP contribution is -2.25. The van der Waals surface area contributed by atoms with Gasteiger partial charge in [-0.05, 0) is 55.0 Å². The molecule has 30 heavy (non-hydrogen) atoms. The molecule has 2 aromatic rings. The van der Waals surface area contributed by atoms with Crippen molar-refractivity contribution in [3.63, 3.8) is 0 Å². The van der Waals surface area contributed by atoms with E-state index in [9.17, 15) is 23.6 Å². The first-order valence-electron chi connectivity index (χ1n) is 8.90. The van der Waals surface area contributed by atoms with Crippen LogP contribution in [-0.4, -0.2) is 38.6 Å². The number of alkyl halides is 2. The standard InChI is InChI=1S/C22H20F2N2O4/c1-14(20(27)16-6-10-19(11-7-16)30-22(23)24)29-21(28)17(13-25)12-15-4-8-18(9-5-15)26(2)3/h4-12,14,22H,1-3H3/b17-12+/t14-/m1/s1. The number of benzene rings is 2. The maximum Gasteiger partial charge on any atom is 0.387 e. The average Bonchev–Trinajstić information content (AvgIpc) is 2.71. The number of esters is 1. The molecule has 0 saturated heterocycles. The van der Waals surface area contributed by atoms with Crippen LogP contribution in [0.3, 0.4) is 0 Å². The fourth-order valence-corrected chi connectivity index (χ4v) is 2.49. The Morgan fingerprint density at radius 1 is 1.07 bits per heavy atom. The third-order valence-corrected chi connectivity index (χ3v) is 4.08. The third-order valence-electron chi connectivity index (χ3n) is 4.08. The number of carbonyl (C=O) groups excluding carboxylic acids is 2. The van der Waals surface area contributed by atoms with Gasteiger partial charge in [-0.1, -0.05) is 12.1 Å². The number of halogens is 2. The molecule has 0 amide bonds. The molecule has 2 aromatic carbocycles. The lowest BCUT2D eigenvalue weighted by Gasteiger charge is -2.13. The van der Waals surface area contributed by atoms with Crippen LogP contribution in [-0.2, 0) is 9.53 Å². The SMILES string of the molecule is C[C@@H](OC(=O)/C(C#N)=C/c1ccc(N(C)C)cc1)C(=O)c1ccc(OC(F)F)cc1. The molecule has 6 nitrogen and oxygen atoms in total. The fraction of sp³-hybridized carbons (Fsp3) is 0.227. The van der Waals surface area contributed by atoms with Crippen LogP contribution >= 0.6 is 0 Å². The maximum atomic E-state index is 12.4. The van der Waals surface area contributed by atoms with Gasteiger partial charge in [0.2, 0.25) is 5.78 Å². The summed E-state index contributed by atoms with van der Waals surface area (Å²) in [5.41, 5.74) is 1.48. The number of hydrogen-bond donors (Lipinski definition) is 0. The van der Waals surface area contributed by atoms with Crippen molar-refractivity contribution < 1.29 is 27.8 Å². The maximum absolute atomic E-state index is 12.4. The summed E-state index contributed by atoms with van der Waals surface area (Å²) >= 11 is 0. The normalized spacial score (nSPS) is 12.1. The van der Waals surface area contributed by atoms with Crippen LogP contribution in [0.25, 0.3) is 6.08 Å². The highest BCUT2D eigenvalue weighted by Gasteiger charge is 2.22. The van der Waals surface area contributed by atoms with E-state index in [-0.39, 0.29) is 16.9 Å². The van der Waals surface area contributed by atoms with Crippen LogP contribution < -0.4 is 9.64 Å². The molecule has 0 fully saturated rings. The summed E-state index contributed by atoms with van der Waals surface area (Å²) in [5, 5.41) is 9.28. The highest BCUT2D eigenvalue weighted by molar-refractivity contribution is 6.03. The molecule has 0 bridgehead atoms. The average molecular weight is 414 g/mol. The molecule has 2 rings (SSSR count). The molecule has 0 aliphatic rings. The highest BCUT2D eigenvalue weighted by Crippen LogP contribution is 2.18. The van der Waals surface area contributed by atoms with Gasteiger partial charge in [0.25, 0.3) is 0 Å². The Bertz CT molecular complexity index is 962. The quantitative estimate of drug-likeness (QED) is 0.280. The number of ketones is 1.